The van der Waals surface area contributed by atoms with Gasteiger partial charge < -0.3 is 9.47 Å². The normalized spacial score (nSPS) is 11.5. The lowest BCUT2D eigenvalue weighted by atomic mass is 9.86. The second-order valence-corrected chi connectivity index (χ2v) is 10.7. The van der Waals surface area contributed by atoms with E-state index in [4.69, 9.17) is 9.47 Å². The van der Waals surface area contributed by atoms with Gasteiger partial charge in [0, 0.05) is 35.4 Å². The highest BCUT2D eigenvalue weighted by Crippen LogP contribution is 2.36. The van der Waals surface area contributed by atoms with Crippen LogP contribution in [0, 0.1) is 20.2 Å². The summed E-state index contributed by atoms with van der Waals surface area (Å²) in [5, 5.41) is 22.4. The lowest BCUT2D eigenvalue weighted by Crippen LogP contribution is -2.18. The Morgan fingerprint density at radius 3 is 1.18 bits per heavy atom. The maximum absolute atomic E-state index is 12.8. The summed E-state index contributed by atoms with van der Waals surface area (Å²) in [6.07, 6.45) is 0. The molecule has 0 N–H and O–H groups in total. The van der Waals surface area contributed by atoms with Crippen LogP contribution in [0.2, 0.25) is 0 Å². The Kier molecular flexibility index (Phi) is 7.66. The SMILES string of the molecule is CC(C)(C)c1cc([N+](=O)[O-])ccc1OC(=O)c1ccc(C(=O)Oc2ccc([N+](=O)[O-])cc2C(C)(C)C)cc1. The molecular weight excluding hydrogens is 492 g/mol. The molecule has 0 aliphatic carbocycles. The van der Waals surface area contributed by atoms with Gasteiger partial charge in [-0.05, 0) is 47.2 Å². The molecule has 0 radical (unpaired) electrons. The number of ether oxygens (including phenoxy) is 2. The minimum atomic E-state index is -0.699. The first-order chi connectivity index (χ1) is 17.6. The van der Waals surface area contributed by atoms with Crippen LogP contribution in [-0.4, -0.2) is 21.8 Å². The van der Waals surface area contributed by atoms with E-state index in [1.54, 1.807) is 0 Å². The zero-order valence-electron chi connectivity index (χ0n) is 21.9. The molecule has 0 atom stereocenters. The van der Waals surface area contributed by atoms with E-state index in [1.165, 1.54) is 60.7 Å². The number of nitro benzene ring substituents is 2. The molecule has 3 aromatic carbocycles. The smallest absolute Gasteiger partial charge is 0.343 e. The van der Waals surface area contributed by atoms with E-state index in [9.17, 15) is 29.8 Å². The summed E-state index contributed by atoms with van der Waals surface area (Å²) in [4.78, 5) is 46.9. The Bertz CT molecular complexity index is 1310. The maximum Gasteiger partial charge on any atom is 0.343 e. The van der Waals surface area contributed by atoms with Crippen LogP contribution in [0.1, 0.15) is 73.4 Å². The molecule has 0 aliphatic rings. The van der Waals surface area contributed by atoms with Crippen molar-refractivity contribution in [3.8, 4) is 11.5 Å². The van der Waals surface area contributed by atoms with Crippen LogP contribution in [0.3, 0.4) is 0 Å². The number of rotatable bonds is 6. The van der Waals surface area contributed by atoms with E-state index in [0.717, 1.165) is 0 Å². The zero-order valence-corrected chi connectivity index (χ0v) is 21.9. The topological polar surface area (TPSA) is 139 Å². The molecule has 3 aromatic rings. The van der Waals surface area contributed by atoms with Gasteiger partial charge in [-0.1, -0.05) is 41.5 Å². The van der Waals surface area contributed by atoms with Crippen molar-refractivity contribution in [2.45, 2.75) is 52.4 Å². The van der Waals surface area contributed by atoms with Crippen LogP contribution in [0.5, 0.6) is 11.5 Å². The Balaban J connectivity index is 1.81. The van der Waals surface area contributed by atoms with E-state index in [-0.39, 0.29) is 34.0 Å². The standard InChI is InChI=1S/C28H28N2O8/c1-27(2,3)21-15-19(29(33)34)11-13-23(21)37-25(31)17-7-9-18(10-8-17)26(32)38-24-14-12-20(30(35)36)16-22(24)28(4,5)6/h7-16H,1-6H3. The van der Waals surface area contributed by atoms with Crippen LogP contribution < -0.4 is 9.47 Å². The second kappa shape index (κ2) is 10.4. The molecule has 0 saturated heterocycles. The molecule has 0 heterocycles. The zero-order chi connectivity index (χ0) is 28.4. The highest BCUT2D eigenvalue weighted by atomic mass is 16.6. The molecule has 10 nitrogen and oxygen atoms in total. The van der Waals surface area contributed by atoms with Gasteiger partial charge in [0.05, 0.1) is 21.0 Å². The molecule has 0 aromatic heterocycles. The number of hydrogen-bond donors (Lipinski definition) is 0. The quantitative estimate of drug-likeness (QED) is 0.155. The molecule has 38 heavy (non-hydrogen) atoms. The number of non-ortho nitro benzene ring substituents is 2. The van der Waals surface area contributed by atoms with Gasteiger partial charge in [0.1, 0.15) is 11.5 Å². The summed E-state index contributed by atoms with van der Waals surface area (Å²) in [6, 6.07) is 13.7. The van der Waals surface area contributed by atoms with Crippen molar-refractivity contribution in [2.75, 3.05) is 0 Å². The third-order valence-electron chi connectivity index (χ3n) is 5.73. The Labute approximate surface area is 219 Å². The van der Waals surface area contributed by atoms with Crippen molar-refractivity contribution in [3.05, 3.63) is 103 Å². The fraction of sp³-hybridized carbons (Fsp3) is 0.286. The molecule has 10 heteroatoms. The fourth-order valence-electron chi connectivity index (χ4n) is 3.67. The number of nitrogens with zero attached hydrogens (tertiary/aromatic N) is 2. The number of benzene rings is 3. The van der Waals surface area contributed by atoms with Crippen LogP contribution in [0.25, 0.3) is 0 Å². The van der Waals surface area contributed by atoms with E-state index < -0.39 is 32.6 Å². The second-order valence-electron chi connectivity index (χ2n) is 10.7. The van der Waals surface area contributed by atoms with Crippen molar-refractivity contribution in [2.24, 2.45) is 0 Å². The predicted molar refractivity (Wildman–Crippen MR) is 140 cm³/mol. The van der Waals surface area contributed by atoms with Crippen molar-refractivity contribution in [3.63, 3.8) is 0 Å². The first kappa shape index (κ1) is 28.0. The summed E-state index contributed by atoms with van der Waals surface area (Å²) in [5.41, 5.74) is 0.0327. The van der Waals surface area contributed by atoms with Gasteiger partial charge in [0.15, 0.2) is 0 Å². The Morgan fingerprint density at radius 2 is 0.921 bits per heavy atom. The van der Waals surface area contributed by atoms with Gasteiger partial charge in [-0.25, -0.2) is 9.59 Å². The highest BCUT2D eigenvalue weighted by Gasteiger charge is 2.26. The van der Waals surface area contributed by atoms with Gasteiger partial charge in [-0.15, -0.1) is 0 Å². The summed E-state index contributed by atoms with van der Waals surface area (Å²) < 4.78 is 11.1. The average molecular weight is 521 g/mol. The largest absolute Gasteiger partial charge is 0.423 e. The van der Waals surface area contributed by atoms with Crippen LogP contribution in [0.4, 0.5) is 11.4 Å². The van der Waals surface area contributed by atoms with Crippen molar-refractivity contribution in [1.82, 2.24) is 0 Å². The van der Waals surface area contributed by atoms with Crippen LogP contribution >= 0.6 is 0 Å². The molecular formula is C28H28N2O8. The molecule has 198 valence electrons. The third-order valence-corrected chi connectivity index (χ3v) is 5.73. The molecule has 0 unspecified atom stereocenters. The highest BCUT2D eigenvalue weighted by molar-refractivity contribution is 5.95. The first-order valence-corrected chi connectivity index (χ1v) is 11.7. The number of nitro groups is 2. The lowest BCUT2D eigenvalue weighted by molar-refractivity contribution is -0.385. The summed E-state index contributed by atoms with van der Waals surface area (Å²) in [7, 11) is 0. The van der Waals surface area contributed by atoms with Gasteiger partial charge in [-0.3, -0.25) is 20.2 Å². The molecule has 0 fully saturated rings. The minimum absolute atomic E-state index is 0.111. The maximum atomic E-state index is 12.8. The monoisotopic (exact) mass is 520 g/mol. The first-order valence-electron chi connectivity index (χ1n) is 11.7. The summed E-state index contributed by atoms with van der Waals surface area (Å²) in [5.74, 6) is -1.00. The number of hydrogen-bond acceptors (Lipinski definition) is 8. The number of esters is 2. The van der Waals surface area contributed by atoms with Crippen molar-refractivity contribution >= 4 is 23.3 Å². The molecule has 0 aliphatic heterocycles. The van der Waals surface area contributed by atoms with E-state index in [2.05, 4.69) is 0 Å². The predicted octanol–water partition coefficient (Wildman–Crippen LogP) is 6.54. The van der Waals surface area contributed by atoms with Crippen molar-refractivity contribution < 1.29 is 28.9 Å². The fourth-order valence-corrected chi connectivity index (χ4v) is 3.67. The van der Waals surface area contributed by atoms with Gasteiger partial charge in [0.2, 0.25) is 0 Å². The number of carbonyl (C=O) groups excluding carboxylic acids is 2. The van der Waals surface area contributed by atoms with Gasteiger partial charge in [-0.2, -0.15) is 0 Å². The van der Waals surface area contributed by atoms with Crippen LogP contribution in [-0.2, 0) is 10.8 Å². The molecule has 0 amide bonds. The Morgan fingerprint density at radius 1 is 0.605 bits per heavy atom. The third kappa shape index (κ3) is 6.39. The van der Waals surface area contributed by atoms with Crippen LogP contribution in [0.15, 0.2) is 60.7 Å². The van der Waals surface area contributed by atoms with Gasteiger partial charge in [0.25, 0.3) is 11.4 Å². The molecule has 0 spiro atoms. The van der Waals surface area contributed by atoms with Crippen molar-refractivity contribution in [1.29, 1.82) is 0 Å². The molecule has 3 rings (SSSR count). The lowest BCUT2D eigenvalue weighted by Gasteiger charge is -2.22. The van der Waals surface area contributed by atoms with E-state index in [1.807, 2.05) is 41.5 Å². The minimum Gasteiger partial charge on any atom is -0.423 e. The summed E-state index contributed by atoms with van der Waals surface area (Å²) >= 11 is 0. The number of carbonyl (C=O) groups is 2. The average Bonchev–Trinajstić information content (AvgIpc) is 2.82. The molecule has 0 bridgehead atoms. The molecule has 0 saturated carbocycles. The van der Waals surface area contributed by atoms with E-state index >= 15 is 0 Å². The van der Waals surface area contributed by atoms with Gasteiger partial charge >= 0.3 is 11.9 Å². The van der Waals surface area contributed by atoms with E-state index in [0.29, 0.717) is 11.1 Å². The summed E-state index contributed by atoms with van der Waals surface area (Å²) in [6.45, 7) is 11.1. The Hall–Kier alpha value is -4.60.